The molecular weight excluding hydrogens is 360 g/mol. The van der Waals surface area contributed by atoms with Crippen molar-refractivity contribution < 1.29 is 14.1 Å². The highest BCUT2D eigenvalue weighted by atomic mass is 16.6. The molecule has 3 rings (SSSR count). The SMILES string of the molecule is Cc1ccc([N+](=O)[O-])cc1-c1ccc(/C=N\NC(=O)CNC2CCCCC2)o1. The molecule has 0 spiro atoms. The smallest absolute Gasteiger partial charge is 0.270 e. The van der Waals surface area contributed by atoms with Gasteiger partial charge < -0.3 is 9.73 Å². The first-order chi connectivity index (χ1) is 13.5. The highest BCUT2D eigenvalue weighted by molar-refractivity contribution is 5.82. The standard InChI is InChI=1S/C20H24N4O4/c1-14-7-8-16(24(26)27)11-18(14)19-10-9-17(28-19)12-22-23-20(25)13-21-15-5-3-2-4-6-15/h7-12,15,21H,2-6,13H2,1H3,(H,23,25)/b22-12-. The van der Waals surface area contributed by atoms with E-state index in [-0.39, 0.29) is 18.1 Å². The average Bonchev–Trinajstić information content (AvgIpc) is 3.16. The van der Waals surface area contributed by atoms with Crippen molar-refractivity contribution in [1.29, 1.82) is 0 Å². The predicted octanol–water partition coefficient (Wildman–Crippen LogP) is 3.54. The molecule has 0 saturated heterocycles. The summed E-state index contributed by atoms with van der Waals surface area (Å²) in [6.07, 6.45) is 7.33. The Hall–Kier alpha value is -3.00. The average molecular weight is 384 g/mol. The third-order valence-electron chi connectivity index (χ3n) is 4.86. The summed E-state index contributed by atoms with van der Waals surface area (Å²) in [5, 5.41) is 18.1. The molecule has 0 aliphatic heterocycles. The Morgan fingerprint density at radius 3 is 2.82 bits per heavy atom. The number of carbonyl (C=O) groups is 1. The minimum absolute atomic E-state index is 0.00458. The fraction of sp³-hybridized carbons (Fsp3) is 0.400. The van der Waals surface area contributed by atoms with Crippen molar-refractivity contribution in [3.05, 3.63) is 51.8 Å². The van der Waals surface area contributed by atoms with E-state index >= 15 is 0 Å². The molecule has 1 aliphatic carbocycles. The summed E-state index contributed by atoms with van der Waals surface area (Å²) in [5.74, 6) is 0.748. The van der Waals surface area contributed by atoms with Crippen LogP contribution in [-0.4, -0.2) is 29.6 Å². The molecule has 2 aromatic rings. The van der Waals surface area contributed by atoms with Crippen molar-refractivity contribution >= 4 is 17.8 Å². The summed E-state index contributed by atoms with van der Waals surface area (Å²) in [5.41, 5.74) is 3.99. The normalized spacial score (nSPS) is 15.0. The van der Waals surface area contributed by atoms with Gasteiger partial charge in [0.15, 0.2) is 0 Å². The topological polar surface area (TPSA) is 110 Å². The number of nitrogens with one attached hydrogen (secondary N) is 2. The molecule has 0 unspecified atom stereocenters. The van der Waals surface area contributed by atoms with Crippen molar-refractivity contribution in [2.24, 2.45) is 5.10 Å². The Labute approximate surface area is 163 Å². The predicted molar refractivity (Wildman–Crippen MR) is 106 cm³/mol. The number of amides is 1. The van der Waals surface area contributed by atoms with Crippen LogP contribution in [0.3, 0.4) is 0 Å². The molecule has 1 heterocycles. The van der Waals surface area contributed by atoms with Gasteiger partial charge in [0.2, 0.25) is 0 Å². The van der Waals surface area contributed by atoms with Gasteiger partial charge in [-0.05, 0) is 37.5 Å². The van der Waals surface area contributed by atoms with Gasteiger partial charge in [0, 0.05) is 23.7 Å². The molecule has 148 valence electrons. The van der Waals surface area contributed by atoms with Crippen LogP contribution < -0.4 is 10.7 Å². The van der Waals surface area contributed by atoms with E-state index in [2.05, 4.69) is 15.8 Å². The number of carbonyl (C=O) groups excluding carboxylic acids is 1. The number of furan rings is 1. The Kier molecular flexibility index (Phi) is 6.54. The van der Waals surface area contributed by atoms with Crippen molar-refractivity contribution in [2.45, 2.75) is 45.1 Å². The van der Waals surface area contributed by atoms with E-state index < -0.39 is 4.92 Å². The first-order valence-electron chi connectivity index (χ1n) is 9.43. The second-order valence-corrected chi connectivity index (χ2v) is 6.97. The molecule has 1 aromatic carbocycles. The van der Waals surface area contributed by atoms with Gasteiger partial charge in [0.1, 0.15) is 11.5 Å². The van der Waals surface area contributed by atoms with Crippen LogP contribution in [-0.2, 0) is 4.79 Å². The van der Waals surface area contributed by atoms with Gasteiger partial charge in [-0.3, -0.25) is 14.9 Å². The van der Waals surface area contributed by atoms with Crippen LogP contribution in [0.4, 0.5) is 5.69 Å². The third kappa shape index (κ3) is 5.26. The van der Waals surface area contributed by atoms with E-state index in [0.29, 0.717) is 23.1 Å². The van der Waals surface area contributed by atoms with Crippen molar-refractivity contribution in [1.82, 2.24) is 10.7 Å². The number of nitro benzene ring substituents is 1. The number of aryl methyl sites for hydroxylation is 1. The van der Waals surface area contributed by atoms with Gasteiger partial charge in [-0.2, -0.15) is 5.10 Å². The third-order valence-corrected chi connectivity index (χ3v) is 4.86. The molecule has 0 bridgehead atoms. The van der Waals surface area contributed by atoms with Crippen LogP contribution in [0.25, 0.3) is 11.3 Å². The monoisotopic (exact) mass is 384 g/mol. The minimum atomic E-state index is -0.439. The zero-order chi connectivity index (χ0) is 19.9. The van der Waals surface area contributed by atoms with Crippen LogP contribution in [0.2, 0.25) is 0 Å². The van der Waals surface area contributed by atoms with Gasteiger partial charge >= 0.3 is 0 Å². The first-order valence-corrected chi connectivity index (χ1v) is 9.43. The highest BCUT2D eigenvalue weighted by Gasteiger charge is 2.14. The van der Waals surface area contributed by atoms with E-state index in [1.807, 2.05) is 6.92 Å². The molecule has 0 atom stereocenters. The second kappa shape index (κ2) is 9.27. The maximum Gasteiger partial charge on any atom is 0.270 e. The van der Waals surface area contributed by atoms with Crippen LogP contribution in [0.15, 0.2) is 39.9 Å². The summed E-state index contributed by atoms with van der Waals surface area (Å²) in [6, 6.07) is 8.45. The van der Waals surface area contributed by atoms with Gasteiger partial charge in [0.25, 0.3) is 11.6 Å². The van der Waals surface area contributed by atoms with E-state index in [4.69, 9.17) is 4.42 Å². The molecule has 0 radical (unpaired) electrons. The van der Waals surface area contributed by atoms with E-state index in [0.717, 1.165) is 18.4 Å². The van der Waals surface area contributed by atoms with Crippen LogP contribution >= 0.6 is 0 Å². The zero-order valence-corrected chi connectivity index (χ0v) is 15.8. The number of hydrogen-bond donors (Lipinski definition) is 2. The number of hydrazone groups is 1. The van der Waals surface area contributed by atoms with Crippen molar-refractivity contribution in [2.75, 3.05) is 6.54 Å². The number of hydrogen-bond acceptors (Lipinski definition) is 6. The summed E-state index contributed by atoms with van der Waals surface area (Å²) in [4.78, 5) is 22.4. The van der Waals surface area contributed by atoms with E-state index in [1.54, 1.807) is 18.2 Å². The Balaban J connectivity index is 1.55. The summed E-state index contributed by atoms with van der Waals surface area (Å²) >= 11 is 0. The van der Waals surface area contributed by atoms with Crippen molar-refractivity contribution in [3.8, 4) is 11.3 Å². The quantitative estimate of drug-likeness (QED) is 0.431. The lowest BCUT2D eigenvalue weighted by Crippen LogP contribution is -2.38. The lowest BCUT2D eigenvalue weighted by Gasteiger charge is -2.22. The summed E-state index contributed by atoms with van der Waals surface area (Å²) in [7, 11) is 0. The lowest BCUT2D eigenvalue weighted by molar-refractivity contribution is -0.384. The minimum Gasteiger partial charge on any atom is -0.455 e. The Morgan fingerprint density at radius 1 is 1.29 bits per heavy atom. The lowest BCUT2D eigenvalue weighted by atomic mass is 9.95. The maximum atomic E-state index is 11.9. The molecule has 1 amide bonds. The number of benzene rings is 1. The number of nitrogens with zero attached hydrogens (tertiary/aromatic N) is 2. The fourth-order valence-electron chi connectivity index (χ4n) is 3.31. The van der Waals surface area contributed by atoms with Gasteiger partial charge in [-0.1, -0.05) is 25.3 Å². The van der Waals surface area contributed by atoms with Gasteiger partial charge in [-0.25, -0.2) is 5.43 Å². The maximum absolute atomic E-state index is 11.9. The number of non-ortho nitro benzene ring substituents is 1. The molecular formula is C20H24N4O4. The molecule has 8 heteroatoms. The van der Waals surface area contributed by atoms with E-state index in [9.17, 15) is 14.9 Å². The molecule has 1 saturated carbocycles. The van der Waals surface area contributed by atoms with Crippen LogP contribution in [0.5, 0.6) is 0 Å². The Bertz CT molecular complexity index is 869. The highest BCUT2D eigenvalue weighted by Crippen LogP contribution is 2.28. The number of nitro groups is 1. The molecule has 1 fully saturated rings. The van der Waals surface area contributed by atoms with E-state index in [1.165, 1.54) is 37.6 Å². The summed E-state index contributed by atoms with van der Waals surface area (Å²) in [6.45, 7) is 2.09. The molecule has 8 nitrogen and oxygen atoms in total. The Morgan fingerprint density at radius 2 is 2.07 bits per heavy atom. The molecule has 1 aromatic heterocycles. The molecule has 2 N–H and O–H groups in total. The van der Waals surface area contributed by atoms with Crippen LogP contribution in [0.1, 0.15) is 43.4 Å². The zero-order valence-electron chi connectivity index (χ0n) is 15.8. The summed E-state index contributed by atoms with van der Waals surface area (Å²) < 4.78 is 5.68. The largest absolute Gasteiger partial charge is 0.455 e. The first kappa shape index (κ1) is 19.8. The molecule has 1 aliphatic rings. The van der Waals surface area contributed by atoms with Crippen molar-refractivity contribution in [3.63, 3.8) is 0 Å². The number of rotatable bonds is 7. The molecule has 28 heavy (non-hydrogen) atoms. The van der Waals surface area contributed by atoms with Crippen LogP contribution in [0, 0.1) is 17.0 Å². The van der Waals surface area contributed by atoms with Gasteiger partial charge in [0.05, 0.1) is 17.7 Å². The van der Waals surface area contributed by atoms with Gasteiger partial charge in [-0.15, -0.1) is 0 Å². The second-order valence-electron chi connectivity index (χ2n) is 6.97. The fourth-order valence-corrected chi connectivity index (χ4v) is 3.31.